The first kappa shape index (κ1) is 16.7. The van der Waals surface area contributed by atoms with Gasteiger partial charge in [-0.25, -0.2) is 4.39 Å². The fourth-order valence-corrected chi connectivity index (χ4v) is 4.70. The van der Waals surface area contributed by atoms with E-state index in [9.17, 15) is 14.3 Å². The SMILES string of the molecule is CN(CC(=O)N[C@@H]1CCSc2c(F)cccc21)[C@H]1CCC[C@@H]1O. The summed E-state index contributed by atoms with van der Waals surface area (Å²) < 4.78 is 13.9. The molecule has 0 bridgehead atoms. The molecule has 1 aliphatic carbocycles. The fourth-order valence-electron chi connectivity index (χ4n) is 3.56. The van der Waals surface area contributed by atoms with Gasteiger partial charge in [0.2, 0.25) is 5.91 Å². The summed E-state index contributed by atoms with van der Waals surface area (Å²) >= 11 is 1.51. The summed E-state index contributed by atoms with van der Waals surface area (Å²) in [6.45, 7) is 0.260. The van der Waals surface area contributed by atoms with Crippen LogP contribution in [0.15, 0.2) is 23.1 Å². The quantitative estimate of drug-likeness (QED) is 0.885. The Balaban J connectivity index is 1.62. The largest absolute Gasteiger partial charge is 0.391 e. The summed E-state index contributed by atoms with van der Waals surface area (Å²) in [6.07, 6.45) is 3.21. The zero-order valence-electron chi connectivity index (χ0n) is 13.3. The number of carbonyl (C=O) groups is 1. The Morgan fingerprint density at radius 2 is 2.26 bits per heavy atom. The van der Waals surface area contributed by atoms with Crippen LogP contribution >= 0.6 is 11.8 Å². The number of aliphatic hydroxyl groups is 1. The Kier molecular flexibility index (Phi) is 5.24. The molecule has 0 radical (unpaired) electrons. The molecule has 3 atom stereocenters. The summed E-state index contributed by atoms with van der Waals surface area (Å²) in [7, 11) is 1.88. The van der Waals surface area contributed by atoms with Crippen molar-refractivity contribution in [2.75, 3.05) is 19.3 Å². The molecule has 1 aromatic carbocycles. The average molecular weight is 338 g/mol. The lowest BCUT2D eigenvalue weighted by Crippen LogP contribution is -2.44. The number of likely N-dealkylation sites (N-methyl/N-ethyl adjacent to an activating group) is 1. The first-order valence-corrected chi connectivity index (χ1v) is 9.13. The van der Waals surface area contributed by atoms with Gasteiger partial charge in [0, 0.05) is 16.7 Å². The van der Waals surface area contributed by atoms with Gasteiger partial charge in [-0.05, 0) is 44.4 Å². The minimum absolute atomic E-state index is 0.0624. The van der Waals surface area contributed by atoms with Crippen LogP contribution in [0, 0.1) is 5.82 Å². The zero-order chi connectivity index (χ0) is 16.4. The molecule has 2 aliphatic rings. The third-order valence-corrected chi connectivity index (χ3v) is 5.92. The number of fused-ring (bicyclic) bond motifs is 1. The second kappa shape index (κ2) is 7.20. The van der Waals surface area contributed by atoms with E-state index in [1.54, 1.807) is 6.07 Å². The topological polar surface area (TPSA) is 52.6 Å². The van der Waals surface area contributed by atoms with Crippen molar-refractivity contribution in [2.24, 2.45) is 0 Å². The van der Waals surface area contributed by atoms with E-state index in [0.29, 0.717) is 4.90 Å². The molecule has 0 saturated heterocycles. The number of thioether (sulfide) groups is 1. The number of hydrogen-bond acceptors (Lipinski definition) is 4. The number of halogens is 1. The van der Waals surface area contributed by atoms with Gasteiger partial charge in [-0.15, -0.1) is 11.8 Å². The fraction of sp³-hybridized carbons (Fsp3) is 0.588. The van der Waals surface area contributed by atoms with Crippen molar-refractivity contribution in [3.8, 4) is 0 Å². The van der Waals surface area contributed by atoms with Crippen molar-refractivity contribution in [3.05, 3.63) is 29.6 Å². The molecular formula is C17H23FN2O2S. The van der Waals surface area contributed by atoms with E-state index in [0.717, 1.165) is 37.0 Å². The molecule has 1 heterocycles. The first-order chi connectivity index (χ1) is 11.1. The lowest BCUT2D eigenvalue weighted by molar-refractivity contribution is -0.123. The Morgan fingerprint density at radius 3 is 3.00 bits per heavy atom. The highest BCUT2D eigenvalue weighted by Gasteiger charge is 2.30. The maximum Gasteiger partial charge on any atom is 0.234 e. The average Bonchev–Trinajstić information content (AvgIpc) is 2.94. The van der Waals surface area contributed by atoms with E-state index in [4.69, 9.17) is 0 Å². The molecule has 4 nitrogen and oxygen atoms in total. The highest BCUT2D eigenvalue weighted by Crippen LogP contribution is 2.37. The molecule has 0 unspecified atom stereocenters. The normalized spacial score (nSPS) is 27.0. The Bertz CT molecular complexity index is 584. The molecule has 1 amide bonds. The van der Waals surface area contributed by atoms with E-state index < -0.39 is 0 Å². The van der Waals surface area contributed by atoms with Crippen molar-refractivity contribution in [1.29, 1.82) is 0 Å². The molecule has 23 heavy (non-hydrogen) atoms. The molecular weight excluding hydrogens is 315 g/mol. The molecule has 3 rings (SSSR count). The molecule has 1 saturated carbocycles. The summed E-state index contributed by atoms with van der Waals surface area (Å²) in [4.78, 5) is 14.9. The standard InChI is InChI=1S/C17H23FN2O2S/c1-20(14-6-3-7-15(14)21)10-16(22)19-13-8-9-23-17-11(13)4-2-5-12(17)18/h2,4-5,13-15,21H,3,6-10H2,1H3,(H,19,22)/t13-,14+,15+/m1/s1. The Labute approximate surface area is 140 Å². The number of rotatable bonds is 4. The van der Waals surface area contributed by atoms with Gasteiger partial charge in [0.05, 0.1) is 18.7 Å². The van der Waals surface area contributed by atoms with Crippen LogP contribution in [0.3, 0.4) is 0 Å². The van der Waals surface area contributed by atoms with E-state index in [2.05, 4.69) is 5.32 Å². The molecule has 126 valence electrons. The molecule has 0 spiro atoms. The minimum atomic E-state index is -0.339. The molecule has 1 fully saturated rings. The van der Waals surface area contributed by atoms with Crippen molar-refractivity contribution in [2.45, 2.75) is 48.8 Å². The highest BCUT2D eigenvalue weighted by molar-refractivity contribution is 7.99. The second-order valence-electron chi connectivity index (χ2n) is 6.40. The molecule has 2 N–H and O–H groups in total. The van der Waals surface area contributed by atoms with Crippen molar-refractivity contribution in [3.63, 3.8) is 0 Å². The van der Waals surface area contributed by atoms with Crippen LogP contribution in [0.2, 0.25) is 0 Å². The molecule has 0 aromatic heterocycles. The summed E-state index contributed by atoms with van der Waals surface area (Å²) in [5, 5.41) is 13.0. The zero-order valence-corrected chi connectivity index (χ0v) is 14.1. The third-order valence-electron chi connectivity index (χ3n) is 4.76. The van der Waals surface area contributed by atoms with Gasteiger partial charge in [0.25, 0.3) is 0 Å². The van der Waals surface area contributed by atoms with Crippen LogP contribution < -0.4 is 5.32 Å². The number of aliphatic hydroxyl groups excluding tert-OH is 1. The number of amides is 1. The number of benzene rings is 1. The number of carbonyl (C=O) groups excluding carboxylic acids is 1. The molecule has 6 heteroatoms. The number of nitrogens with one attached hydrogen (secondary N) is 1. The highest BCUT2D eigenvalue weighted by atomic mass is 32.2. The van der Waals surface area contributed by atoms with Crippen molar-refractivity contribution < 1.29 is 14.3 Å². The van der Waals surface area contributed by atoms with Crippen molar-refractivity contribution in [1.82, 2.24) is 10.2 Å². The van der Waals surface area contributed by atoms with Crippen LogP contribution in [-0.4, -0.2) is 47.4 Å². The Morgan fingerprint density at radius 1 is 1.43 bits per heavy atom. The molecule has 1 aliphatic heterocycles. The van der Waals surface area contributed by atoms with E-state index in [1.165, 1.54) is 17.8 Å². The van der Waals surface area contributed by atoms with Gasteiger partial charge in [0.15, 0.2) is 0 Å². The van der Waals surface area contributed by atoms with Gasteiger partial charge in [-0.3, -0.25) is 9.69 Å². The smallest absolute Gasteiger partial charge is 0.234 e. The van der Waals surface area contributed by atoms with Gasteiger partial charge >= 0.3 is 0 Å². The van der Waals surface area contributed by atoms with Crippen LogP contribution in [0.25, 0.3) is 0 Å². The van der Waals surface area contributed by atoms with Crippen LogP contribution in [0.4, 0.5) is 4.39 Å². The summed E-state index contributed by atoms with van der Waals surface area (Å²) in [5.74, 6) is 0.520. The van der Waals surface area contributed by atoms with E-state index in [-0.39, 0.29) is 36.5 Å². The van der Waals surface area contributed by atoms with Gasteiger partial charge in [-0.1, -0.05) is 12.1 Å². The lowest BCUT2D eigenvalue weighted by Gasteiger charge is -2.29. The molecule has 1 aromatic rings. The Hall–Kier alpha value is -1.11. The van der Waals surface area contributed by atoms with Crippen molar-refractivity contribution >= 4 is 17.7 Å². The first-order valence-electron chi connectivity index (χ1n) is 8.15. The van der Waals surface area contributed by atoms with E-state index in [1.807, 2.05) is 18.0 Å². The van der Waals surface area contributed by atoms with Gasteiger partial charge in [-0.2, -0.15) is 0 Å². The predicted molar refractivity (Wildman–Crippen MR) is 88.9 cm³/mol. The summed E-state index contributed by atoms with van der Waals surface area (Å²) in [6, 6.07) is 4.98. The third kappa shape index (κ3) is 3.70. The maximum atomic E-state index is 13.9. The monoisotopic (exact) mass is 338 g/mol. The van der Waals surface area contributed by atoms with E-state index >= 15 is 0 Å². The lowest BCUT2D eigenvalue weighted by atomic mass is 10.0. The summed E-state index contributed by atoms with van der Waals surface area (Å²) in [5.41, 5.74) is 0.873. The number of hydrogen-bond donors (Lipinski definition) is 2. The second-order valence-corrected chi connectivity index (χ2v) is 7.50. The maximum absolute atomic E-state index is 13.9. The van der Waals surface area contributed by atoms with Crippen LogP contribution in [0.5, 0.6) is 0 Å². The predicted octanol–water partition coefficient (Wildman–Crippen LogP) is 2.32. The van der Waals surface area contributed by atoms with Crippen LogP contribution in [0.1, 0.15) is 37.3 Å². The number of nitrogens with zero attached hydrogens (tertiary/aromatic N) is 1. The van der Waals surface area contributed by atoms with Crippen LogP contribution in [-0.2, 0) is 4.79 Å². The van der Waals surface area contributed by atoms with Gasteiger partial charge < -0.3 is 10.4 Å². The van der Waals surface area contributed by atoms with Gasteiger partial charge in [0.1, 0.15) is 5.82 Å². The minimum Gasteiger partial charge on any atom is -0.391 e.